The van der Waals surface area contributed by atoms with Crippen molar-refractivity contribution in [3.05, 3.63) is 74.9 Å². The van der Waals surface area contributed by atoms with Gasteiger partial charge in [-0.2, -0.15) is 0 Å². The van der Waals surface area contributed by atoms with Crippen molar-refractivity contribution in [3.63, 3.8) is 0 Å². The van der Waals surface area contributed by atoms with E-state index in [1.54, 1.807) is 30.5 Å². The van der Waals surface area contributed by atoms with Crippen molar-refractivity contribution in [1.82, 2.24) is 9.80 Å². The van der Waals surface area contributed by atoms with E-state index in [0.717, 1.165) is 14.9 Å². The quantitative estimate of drug-likeness (QED) is 0.270. The number of thiophene rings is 1. The second kappa shape index (κ2) is 14.0. The van der Waals surface area contributed by atoms with Crippen molar-refractivity contribution in [2.45, 2.75) is 26.8 Å². The predicted octanol–water partition coefficient (Wildman–Crippen LogP) is 6.29. The fourth-order valence-corrected chi connectivity index (χ4v) is 4.97. The number of nitrogens with one attached hydrogen (secondary N) is 1. The number of amides is 3. The SMILES string of the molecule is COc1ccc(CCN(Cc2cccs2)C(=O)CN(CC(C)C)C(=O)Nc2ccccc2Br)cc1OC. The lowest BCUT2D eigenvalue weighted by Crippen LogP contribution is -2.46. The van der Waals surface area contributed by atoms with Crippen LogP contribution in [-0.2, 0) is 17.8 Å². The zero-order valence-corrected chi connectivity index (χ0v) is 24.1. The van der Waals surface area contributed by atoms with Crippen LogP contribution in [0.25, 0.3) is 0 Å². The van der Waals surface area contributed by atoms with Gasteiger partial charge < -0.3 is 24.6 Å². The van der Waals surface area contributed by atoms with Crippen molar-refractivity contribution < 1.29 is 19.1 Å². The Labute approximate surface area is 231 Å². The van der Waals surface area contributed by atoms with E-state index in [0.29, 0.717) is 43.2 Å². The summed E-state index contributed by atoms with van der Waals surface area (Å²) in [7, 11) is 3.21. The molecule has 0 fully saturated rings. The Kier molecular flexibility index (Phi) is 10.8. The minimum absolute atomic E-state index is 0.00816. The van der Waals surface area contributed by atoms with Crippen LogP contribution in [0.5, 0.6) is 11.5 Å². The standard InChI is InChI=1S/C28H34BrN3O4S/c1-20(2)17-32(28(34)30-24-10-6-5-9-23(24)29)19-27(33)31(18-22-8-7-15-37-22)14-13-21-11-12-25(35-3)26(16-21)36-4/h5-12,15-16,20H,13-14,17-19H2,1-4H3,(H,30,34). The number of ether oxygens (including phenoxy) is 2. The molecule has 3 aromatic rings. The molecule has 2 aromatic carbocycles. The van der Waals surface area contributed by atoms with Gasteiger partial charge in [-0.25, -0.2) is 4.79 Å². The van der Waals surface area contributed by atoms with Gasteiger partial charge in [0.2, 0.25) is 5.91 Å². The highest BCUT2D eigenvalue weighted by Gasteiger charge is 2.23. The van der Waals surface area contributed by atoms with Gasteiger partial charge in [0.15, 0.2) is 11.5 Å². The van der Waals surface area contributed by atoms with E-state index in [-0.39, 0.29) is 24.4 Å². The molecule has 1 N–H and O–H groups in total. The number of urea groups is 1. The molecule has 0 aliphatic carbocycles. The van der Waals surface area contributed by atoms with Crippen molar-refractivity contribution in [1.29, 1.82) is 0 Å². The maximum Gasteiger partial charge on any atom is 0.322 e. The van der Waals surface area contributed by atoms with Crippen LogP contribution in [0, 0.1) is 5.92 Å². The number of nitrogens with zero attached hydrogens (tertiary/aromatic N) is 2. The molecule has 0 aliphatic rings. The summed E-state index contributed by atoms with van der Waals surface area (Å²) < 4.78 is 11.6. The van der Waals surface area contributed by atoms with Crippen LogP contribution in [0.2, 0.25) is 0 Å². The Morgan fingerprint density at radius 1 is 1.00 bits per heavy atom. The van der Waals surface area contributed by atoms with Crippen molar-refractivity contribution in [3.8, 4) is 11.5 Å². The van der Waals surface area contributed by atoms with Crippen LogP contribution in [-0.4, -0.2) is 55.6 Å². The van der Waals surface area contributed by atoms with E-state index in [1.165, 1.54) is 0 Å². The lowest BCUT2D eigenvalue weighted by atomic mass is 10.1. The highest BCUT2D eigenvalue weighted by molar-refractivity contribution is 9.10. The van der Waals surface area contributed by atoms with Gasteiger partial charge in [-0.05, 0) is 69.5 Å². The molecule has 0 aliphatic heterocycles. The van der Waals surface area contributed by atoms with Crippen LogP contribution < -0.4 is 14.8 Å². The molecule has 0 bridgehead atoms. The molecule has 0 unspecified atom stereocenters. The third-order valence-electron chi connectivity index (χ3n) is 5.71. The molecule has 0 spiro atoms. The Hall–Kier alpha value is -3.04. The first-order valence-electron chi connectivity index (χ1n) is 12.1. The summed E-state index contributed by atoms with van der Waals surface area (Å²) in [5.41, 5.74) is 1.70. The first kappa shape index (κ1) is 28.5. The summed E-state index contributed by atoms with van der Waals surface area (Å²) in [4.78, 5) is 31.3. The Bertz CT molecular complexity index is 1170. The summed E-state index contributed by atoms with van der Waals surface area (Å²) in [6, 6.07) is 16.9. The summed E-state index contributed by atoms with van der Waals surface area (Å²) in [5, 5.41) is 4.94. The van der Waals surface area contributed by atoms with E-state index in [9.17, 15) is 9.59 Å². The second-order valence-electron chi connectivity index (χ2n) is 9.02. The molecule has 0 saturated heterocycles. The number of hydrogen-bond acceptors (Lipinski definition) is 5. The van der Waals surface area contributed by atoms with Crippen molar-refractivity contribution in [2.24, 2.45) is 5.92 Å². The van der Waals surface area contributed by atoms with E-state index in [4.69, 9.17) is 9.47 Å². The van der Waals surface area contributed by atoms with Crippen LogP contribution in [0.15, 0.2) is 64.5 Å². The number of carbonyl (C=O) groups is 2. The van der Waals surface area contributed by atoms with Crippen LogP contribution in [0.3, 0.4) is 0 Å². The predicted molar refractivity (Wildman–Crippen MR) is 153 cm³/mol. The molecule has 3 rings (SSSR count). The third kappa shape index (κ3) is 8.50. The first-order chi connectivity index (χ1) is 17.8. The first-order valence-corrected chi connectivity index (χ1v) is 13.8. The van der Waals surface area contributed by atoms with Crippen molar-refractivity contribution >= 4 is 44.9 Å². The highest BCUT2D eigenvalue weighted by Crippen LogP contribution is 2.28. The van der Waals surface area contributed by atoms with E-state index < -0.39 is 0 Å². The Balaban J connectivity index is 1.75. The monoisotopic (exact) mass is 587 g/mol. The van der Waals surface area contributed by atoms with Crippen LogP contribution >= 0.6 is 27.3 Å². The normalized spacial score (nSPS) is 10.8. The molecule has 1 heterocycles. The Morgan fingerprint density at radius 2 is 1.76 bits per heavy atom. The van der Waals surface area contributed by atoms with Crippen molar-refractivity contribution in [2.75, 3.05) is 39.2 Å². The largest absolute Gasteiger partial charge is 0.493 e. The summed E-state index contributed by atoms with van der Waals surface area (Å²) in [6.07, 6.45) is 0.644. The fraction of sp³-hybridized carbons (Fsp3) is 0.357. The number of para-hydroxylation sites is 1. The summed E-state index contributed by atoms with van der Waals surface area (Å²) in [6.45, 7) is 5.52. The number of rotatable bonds is 12. The molecule has 37 heavy (non-hydrogen) atoms. The average Bonchev–Trinajstić information content (AvgIpc) is 3.40. The number of anilines is 1. The molecule has 198 valence electrons. The molecule has 9 heteroatoms. The summed E-state index contributed by atoms with van der Waals surface area (Å²) in [5.74, 6) is 1.42. The van der Waals surface area contributed by atoms with Crippen LogP contribution in [0.1, 0.15) is 24.3 Å². The average molecular weight is 589 g/mol. The maximum absolute atomic E-state index is 13.6. The number of hydrogen-bond donors (Lipinski definition) is 1. The Morgan fingerprint density at radius 3 is 2.41 bits per heavy atom. The van der Waals surface area contributed by atoms with E-state index in [1.807, 2.05) is 78.7 Å². The van der Waals surface area contributed by atoms with Gasteiger partial charge in [-0.15, -0.1) is 11.3 Å². The summed E-state index contributed by atoms with van der Waals surface area (Å²) >= 11 is 5.08. The molecule has 0 radical (unpaired) electrons. The van der Waals surface area contributed by atoms with Gasteiger partial charge in [-0.1, -0.05) is 38.1 Å². The van der Waals surface area contributed by atoms with E-state index in [2.05, 4.69) is 21.2 Å². The molecule has 3 amide bonds. The topological polar surface area (TPSA) is 71.1 Å². The van der Waals surface area contributed by atoms with Gasteiger partial charge in [0.25, 0.3) is 0 Å². The zero-order chi connectivity index (χ0) is 26.8. The highest BCUT2D eigenvalue weighted by atomic mass is 79.9. The van der Waals surface area contributed by atoms with Gasteiger partial charge in [0, 0.05) is 22.4 Å². The molecule has 7 nitrogen and oxygen atoms in total. The van der Waals surface area contributed by atoms with Gasteiger partial charge in [0.1, 0.15) is 6.54 Å². The minimum atomic E-state index is -0.301. The zero-order valence-electron chi connectivity index (χ0n) is 21.7. The molecule has 0 saturated carbocycles. The smallest absolute Gasteiger partial charge is 0.322 e. The maximum atomic E-state index is 13.6. The van der Waals surface area contributed by atoms with Gasteiger partial charge in [-0.3, -0.25) is 4.79 Å². The third-order valence-corrected chi connectivity index (χ3v) is 7.26. The molecular weight excluding hydrogens is 554 g/mol. The number of carbonyl (C=O) groups excluding carboxylic acids is 2. The number of benzene rings is 2. The van der Waals surface area contributed by atoms with Gasteiger partial charge in [0.05, 0.1) is 26.5 Å². The van der Waals surface area contributed by atoms with Gasteiger partial charge >= 0.3 is 6.03 Å². The lowest BCUT2D eigenvalue weighted by Gasteiger charge is -2.29. The van der Waals surface area contributed by atoms with E-state index >= 15 is 0 Å². The lowest BCUT2D eigenvalue weighted by molar-refractivity contribution is -0.132. The number of methoxy groups -OCH3 is 2. The molecule has 1 aromatic heterocycles. The molecule has 0 atom stereocenters. The number of halogens is 1. The fourth-order valence-electron chi connectivity index (χ4n) is 3.86. The minimum Gasteiger partial charge on any atom is -0.493 e. The van der Waals surface area contributed by atoms with Crippen LogP contribution in [0.4, 0.5) is 10.5 Å². The molecular formula is C28H34BrN3O4S. The second-order valence-corrected chi connectivity index (χ2v) is 10.9.